The third kappa shape index (κ3) is 16.8. The lowest BCUT2D eigenvalue weighted by molar-refractivity contribution is 1.07. The quantitative estimate of drug-likeness (QED) is 0.0945. The zero-order valence-corrected chi connectivity index (χ0v) is 78.5. The largest absolute Gasteiger partial charge is 0.228 e. The first-order valence-electron chi connectivity index (χ1n) is 48.9. The summed E-state index contributed by atoms with van der Waals surface area (Å²) < 4.78 is 0. The van der Waals surface area contributed by atoms with Crippen LogP contribution in [0, 0.1) is 0 Å². The summed E-state index contributed by atoms with van der Waals surface area (Å²) in [6.45, 7) is 0. The smallest absolute Gasteiger partial charge is 0.164 e. The summed E-state index contributed by atoms with van der Waals surface area (Å²) in [4.78, 5) is 35.1. The molecule has 27 rings (SSSR count). The van der Waals surface area contributed by atoms with Crippen molar-refractivity contribution >= 4 is 97.0 Å². The summed E-state index contributed by atoms with van der Waals surface area (Å²) in [5, 5.41) is 23.0. The van der Waals surface area contributed by atoms with E-state index in [-0.39, 0.29) is 0 Å². The van der Waals surface area contributed by atoms with Crippen LogP contribution in [-0.2, 0) is 0 Å². The second-order valence-electron chi connectivity index (χ2n) is 36.4. The van der Waals surface area contributed by atoms with Crippen LogP contribution in [0.2, 0.25) is 0 Å². The number of fused-ring (bicyclic) bond motifs is 18. The van der Waals surface area contributed by atoms with Gasteiger partial charge in [-0.15, -0.1) is 0 Å². The number of aromatic nitrogens is 7. The minimum Gasteiger partial charge on any atom is -0.228 e. The maximum Gasteiger partial charge on any atom is 0.164 e. The van der Waals surface area contributed by atoms with Crippen molar-refractivity contribution < 1.29 is 0 Å². The third-order valence-electron chi connectivity index (χ3n) is 27.7. The van der Waals surface area contributed by atoms with E-state index < -0.39 is 0 Å². The third-order valence-corrected chi connectivity index (χ3v) is 27.7. The molecular weight excluding hydrogens is 1740 g/mol. The summed E-state index contributed by atoms with van der Waals surface area (Å²) in [5.41, 5.74) is 26.7. The Morgan fingerprint density at radius 2 is 0.243 bits per heavy atom. The van der Waals surface area contributed by atoms with Crippen LogP contribution in [0.5, 0.6) is 0 Å². The molecule has 7 heteroatoms. The Morgan fingerprint density at radius 1 is 0.0833 bits per heavy atom. The molecule has 0 fully saturated rings. The van der Waals surface area contributed by atoms with E-state index in [1.165, 1.54) is 141 Å². The summed E-state index contributed by atoms with van der Waals surface area (Å²) in [7, 11) is 0. The molecule has 0 saturated heterocycles. The lowest BCUT2D eigenvalue weighted by Gasteiger charge is -2.15. The summed E-state index contributed by atoms with van der Waals surface area (Å²) in [6.07, 6.45) is 0. The molecular formula is C137H89N7. The maximum absolute atomic E-state index is 5.09. The van der Waals surface area contributed by atoms with Crippen LogP contribution in [0.3, 0.4) is 0 Å². The molecule has 0 N–H and O–H groups in total. The van der Waals surface area contributed by atoms with Crippen LogP contribution in [0.4, 0.5) is 0 Å². The molecule has 0 atom stereocenters. The Kier molecular flexibility index (Phi) is 23.0. The predicted octanol–water partition coefficient (Wildman–Crippen LogP) is 36.2. The summed E-state index contributed by atoms with van der Waals surface area (Å²) in [5.74, 6) is 3.38. The predicted molar refractivity (Wildman–Crippen MR) is 603 cm³/mol. The average Bonchev–Trinajstić information content (AvgIpc) is 0.744. The number of hydrogen-bond acceptors (Lipinski definition) is 7. The van der Waals surface area contributed by atoms with Gasteiger partial charge in [-0.3, -0.25) is 0 Å². The van der Waals surface area contributed by atoms with Crippen LogP contribution in [0.25, 0.3) is 266 Å². The molecule has 3 aromatic heterocycles. The Labute approximate surface area is 834 Å². The van der Waals surface area contributed by atoms with Crippen LogP contribution < -0.4 is 0 Å². The van der Waals surface area contributed by atoms with Crippen molar-refractivity contribution in [2.75, 3.05) is 0 Å². The Hall–Kier alpha value is -19.2. The van der Waals surface area contributed by atoms with Crippen LogP contribution >= 0.6 is 0 Å². The first-order valence-corrected chi connectivity index (χ1v) is 48.9. The molecule has 0 aliphatic carbocycles. The van der Waals surface area contributed by atoms with Gasteiger partial charge < -0.3 is 0 Å². The highest BCUT2D eigenvalue weighted by atomic mass is 15.0. The Morgan fingerprint density at radius 3 is 0.500 bits per heavy atom. The number of nitrogens with zero attached hydrogens (tertiary/aromatic N) is 7. The molecule has 0 radical (unpaired) electrons. The molecule has 0 spiro atoms. The number of benzene rings is 24. The van der Waals surface area contributed by atoms with Gasteiger partial charge in [-0.2, -0.15) is 0 Å². The Balaban J connectivity index is 0.000000113. The van der Waals surface area contributed by atoms with Crippen molar-refractivity contribution in [3.63, 3.8) is 0 Å². The molecule has 0 bridgehead atoms. The number of rotatable bonds is 15. The topological polar surface area (TPSA) is 90.2 Å². The van der Waals surface area contributed by atoms with Crippen LogP contribution in [0.1, 0.15) is 0 Å². The van der Waals surface area contributed by atoms with Crippen molar-refractivity contribution in [2.45, 2.75) is 0 Å². The first kappa shape index (κ1) is 86.4. The van der Waals surface area contributed by atoms with Gasteiger partial charge in [0.1, 0.15) is 0 Å². The van der Waals surface area contributed by atoms with E-state index in [4.69, 9.17) is 34.9 Å². The zero-order chi connectivity index (χ0) is 95.6. The standard InChI is InChI=1S/2C46H30N2.C45H29N3/c1-3-14-31(15-4-1)44-30-45(48-46(47-44)32-16-5-2-6-17-32)35-19-13-18-33(28-35)36-20-7-8-21-37(36)34-26-27-42-40-24-10-9-22-38(40)39-23-11-12-25-41(39)43(42)29-34;1-3-14-31(15-4-1)44-30-45(32-16-5-2-6-17-32)48-46(47-44)35-19-13-18-33(28-35)36-20-7-8-21-37(36)34-26-27-42-40-24-10-9-22-38(40)39-23-11-12-25-41(39)43(42)29-34;1-3-14-30(15-4-1)43-46-44(31-16-5-2-6-17-31)48-45(47-43)34-19-13-18-32(28-34)35-20-7-8-21-36(35)33-26-27-41-39-24-10-9-22-37(39)38-23-11-12-25-40(38)42(41)29-33/h2*1-30H;1-29H. The van der Waals surface area contributed by atoms with Gasteiger partial charge in [0.25, 0.3) is 0 Å². The molecule has 27 aromatic rings. The fourth-order valence-electron chi connectivity index (χ4n) is 20.8. The van der Waals surface area contributed by atoms with Crippen molar-refractivity contribution in [1.82, 2.24) is 34.9 Å². The van der Waals surface area contributed by atoms with Gasteiger partial charge in [-0.25, -0.2) is 34.9 Å². The molecule has 0 aliphatic rings. The molecule has 0 aliphatic heterocycles. The highest BCUT2D eigenvalue weighted by Crippen LogP contribution is 2.47. The van der Waals surface area contributed by atoms with E-state index in [0.29, 0.717) is 29.1 Å². The molecule has 672 valence electrons. The number of hydrogen-bond donors (Lipinski definition) is 0. The summed E-state index contributed by atoms with van der Waals surface area (Å²) in [6, 6.07) is 191. The molecule has 3 heterocycles. The normalized spacial score (nSPS) is 11.3. The Bertz CT molecular complexity index is 8420. The van der Waals surface area contributed by atoms with Crippen molar-refractivity contribution in [3.05, 3.63) is 540 Å². The van der Waals surface area contributed by atoms with Crippen molar-refractivity contribution in [1.29, 1.82) is 0 Å². The van der Waals surface area contributed by atoms with Gasteiger partial charge in [-0.05, 0) is 212 Å². The van der Waals surface area contributed by atoms with Crippen LogP contribution in [0.15, 0.2) is 540 Å². The maximum atomic E-state index is 5.09. The lowest BCUT2D eigenvalue weighted by Crippen LogP contribution is -2.00. The lowest BCUT2D eigenvalue weighted by atomic mass is 9.89. The molecule has 144 heavy (non-hydrogen) atoms. The molecule has 0 amide bonds. The second kappa shape index (κ2) is 38.3. The van der Waals surface area contributed by atoms with E-state index >= 15 is 0 Å². The van der Waals surface area contributed by atoms with E-state index in [1.54, 1.807) is 0 Å². The average molecular weight is 1830 g/mol. The zero-order valence-electron chi connectivity index (χ0n) is 78.5. The SMILES string of the molecule is c1ccc(-c2cc(-c3cccc(-c4ccccc4-c4ccc5c6ccccc6c6ccccc6c5c4)c3)nc(-c3ccccc3)n2)cc1.c1ccc(-c2cc(-c3ccccc3)nc(-c3cccc(-c4ccccc4-c4ccc5c6ccccc6c6ccccc6c5c4)c3)n2)cc1.c1ccc(-c2nc(-c3ccccc3)nc(-c3cccc(-c4ccccc4-c4ccc5c6ccccc6c6ccccc6c5c4)c3)n2)cc1. The van der Waals surface area contributed by atoms with Gasteiger partial charge in [0.05, 0.1) is 22.8 Å². The van der Waals surface area contributed by atoms with Gasteiger partial charge in [0, 0.05) is 50.1 Å². The van der Waals surface area contributed by atoms with Crippen molar-refractivity contribution in [3.8, 4) is 169 Å². The molecule has 24 aromatic carbocycles. The van der Waals surface area contributed by atoms with Gasteiger partial charge in [0.15, 0.2) is 29.1 Å². The van der Waals surface area contributed by atoms with Gasteiger partial charge in [-0.1, -0.05) is 491 Å². The van der Waals surface area contributed by atoms with Gasteiger partial charge in [0.2, 0.25) is 0 Å². The molecule has 7 nitrogen and oxygen atoms in total. The highest BCUT2D eigenvalue weighted by molar-refractivity contribution is 6.28. The molecule has 0 saturated carbocycles. The first-order chi connectivity index (χ1) is 71.4. The van der Waals surface area contributed by atoms with E-state index in [0.717, 1.165) is 95.1 Å². The minimum absolute atomic E-state index is 0.645. The fraction of sp³-hybridized carbons (Fsp3) is 0. The molecule has 0 unspecified atom stereocenters. The highest BCUT2D eigenvalue weighted by Gasteiger charge is 2.23. The van der Waals surface area contributed by atoms with E-state index in [2.05, 4.69) is 443 Å². The second-order valence-corrected chi connectivity index (χ2v) is 36.4. The monoisotopic (exact) mass is 1830 g/mol. The van der Waals surface area contributed by atoms with E-state index in [9.17, 15) is 0 Å². The van der Waals surface area contributed by atoms with Gasteiger partial charge >= 0.3 is 0 Å². The summed E-state index contributed by atoms with van der Waals surface area (Å²) >= 11 is 0. The van der Waals surface area contributed by atoms with Crippen LogP contribution in [-0.4, -0.2) is 34.9 Å². The van der Waals surface area contributed by atoms with Crippen molar-refractivity contribution in [2.24, 2.45) is 0 Å². The van der Waals surface area contributed by atoms with E-state index in [1.807, 2.05) is 97.1 Å². The minimum atomic E-state index is 0.645. The fourth-order valence-corrected chi connectivity index (χ4v) is 20.8.